The molecule has 1 heterocycles. The zero-order chi connectivity index (χ0) is 31.5. The second-order valence-corrected chi connectivity index (χ2v) is 12.9. The molecule has 0 aromatic heterocycles. The molecule has 0 saturated carbocycles. The molecule has 9 rings (SSSR count). The number of hydrogen-bond donors (Lipinski definition) is 0. The summed E-state index contributed by atoms with van der Waals surface area (Å²) in [6, 6.07) is 56.9. The summed E-state index contributed by atoms with van der Waals surface area (Å²) >= 11 is 6.97. The lowest BCUT2D eigenvalue weighted by atomic mass is 9.61. The highest BCUT2D eigenvalue weighted by Crippen LogP contribution is 2.73. The van der Waals surface area contributed by atoms with Crippen molar-refractivity contribution in [1.29, 1.82) is 0 Å². The SMILES string of the molecule is O=C1C2c3ccccc3C3=C(c4ccccc4)C(c4ccccc4)=C(c4ccccc4)C32c2cc(Cl)ccc2N1Cc1ccccc1. The van der Waals surface area contributed by atoms with Crippen LogP contribution in [0.2, 0.25) is 5.02 Å². The second kappa shape index (κ2) is 10.8. The van der Waals surface area contributed by atoms with E-state index in [2.05, 4.69) is 140 Å². The van der Waals surface area contributed by atoms with Crippen LogP contribution in [0.15, 0.2) is 164 Å². The Bertz CT molecular complexity index is 2200. The minimum Gasteiger partial charge on any atom is -0.307 e. The van der Waals surface area contributed by atoms with Gasteiger partial charge in [-0.25, -0.2) is 0 Å². The van der Waals surface area contributed by atoms with Crippen LogP contribution in [0.4, 0.5) is 5.69 Å². The fourth-order valence-electron chi connectivity index (χ4n) is 8.38. The molecule has 2 nitrogen and oxygen atoms in total. The first-order chi connectivity index (χ1) is 23.2. The maximum atomic E-state index is 15.5. The smallest absolute Gasteiger partial charge is 0.236 e. The molecule has 2 aliphatic carbocycles. The van der Waals surface area contributed by atoms with Crippen LogP contribution in [-0.2, 0) is 16.8 Å². The first kappa shape index (κ1) is 27.8. The minimum atomic E-state index is -0.814. The number of benzene rings is 6. The third-order valence-electron chi connectivity index (χ3n) is 10.1. The van der Waals surface area contributed by atoms with Gasteiger partial charge < -0.3 is 4.90 Å². The van der Waals surface area contributed by atoms with E-state index in [4.69, 9.17) is 11.6 Å². The Hall–Kier alpha value is -5.44. The summed E-state index contributed by atoms with van der Waals surface area (Å²) in [5.41, 5.74) is 12.4. The molecule has 0 N–H and O–H groups in total. The highest BCUT2D eigenvalue weighted by molar-refractivity contribution is 6.36. The number of anilines is 1. The summed E-state index contributed by atoms with van der Waals surface area (Å²) in [7, 11) is 0. The fourth-order valence-corrected chi connectivity index (χ4v) is 8.56. The molecular formula is C44H30ClNO. The highest BCUT2D eigenvalue weighted by atomic mass is 35.5. The summed E-state index contributed by atoms with van der Waals surface area (Å²) in [6.07, 6.45) is 0. The van der Waals surface area contributed by atoms with Crippen molar-refractivity contribution in [1.82, 2.24) is 0 Å². The number of amides is 1. The van der Waals surface area contributed by atoms with E-state index < -0.39 is 11.3 Å². The molecule has 6 aromatic carbocycles. The summed E-state index contributed by atoms with van der Waals surface area (Å²) in [6.45, 7) is 0.476. The van der Waals surface area contributed by atoms with Gasteiger partial charge in [0.25, 0.3) is 0 Å². The van der Waals surface area contributed by atoms with Crippen LogP contribution in [0.25, 0.3) is 22.3 Å². The molecule has 1 amide bonds. The number of carbonyl (C=O) groups excluding carboxylic acids is 1. The van der Waals surface area contributed by atoms with Crippen molar-refractivity contribution in [2.45, 2.75) is 17.9 Å². The van der Waals surface area contributed by atoms with Gasteiger partial charge in [0.05, 0.1) is 17.9 Å². The zero-order valence-electron chi connectivity index (χ0n) is 25.6. The van der Waals surface area contributed by atoms with Crippen molar-refractivity contribution in [3.63, 3.8) is 0 Å². The van der Waals surface area contributed by atoms with Gasteiger partial charge >= 0.3 is 0 Å². The molecule has 0 saturated heterocycles. The second-order valence-electron chi connectivity index (χ2n) is 12.5. The van der Waals surface area contributed by atoms with E-state index in [-0.39, 0.29) is 5.91 Å². The molecule has 224 valence electrons. The van der Waals surface area contributed by atoms with Crippen LogP contribution in [0.1, 0.15) is 44.9 Å². The van der Waals surface area contributed by atoms with Crippen LogP contribution in [-0.4, -0.2) is 5.91 Å². The Balaban J connectivity index is 1.48. The highest BCUT2D eigenvalue weighted by Gasteiger charge is 2.64. The standard InChI is InChI=1S/C44H30ClNO/c45-33-25-26-37-36(27-33)44-40(32-21-11-4-12-22-32)38(30-17-7-2-8-18-30)39(31-19-9-3-10-20-31)41(44)34-23-13-14-24-35(34)42(44)43(47)46(37)28-29-15-5-1-6-16-29/h1-27,42H,28H2. The summed E-state index contributed by atoms with van der Waals surface area (Å²) in [5, 5.41) is 0.656. The molecule has 2 unspecified atom stereocenters. The van der Waals surface area contributed by atoms with Crippen LogP contribution < -0.4 is 4.90 Å². The van der Waals surface area contributed by atoms with E-state index in [1.807, 2.05) is 29.2 Å². The van der Waals surface area contributed by atoms with E-state index in [0.717, 1.165) is 55.8 Å². The van der Waals surface area contributed by atoms with Gasteiger partial charge in [0.1, 0.15) is 0 Å². The average Bonchev–Trinajstić information content (AvgIpc) is 3.60. The predicted octanol–water partition coefficient (Wildman–Crippen LogP) is 10.5. The van der Waals surface area contributed by atoms with Crippen LogP contribution in [0.3, 0.4) is 0 Å². The van der Waals surface area contributed by atoms with Crippen molar-refractivity contribution < 1.29 is 4.79 Å². The quantitative estimate of drug-likeness (QED) is 0.187. The number of carbonyl (C=O) groups is 1. The van der Waals surface area contributed by atoms with Gasteiger partial charge in [-0.2, -0.15) is 0 Å². The van der Waals surface area contributed by atoms with Gasteiger partial charge in [0, 0.05) is 10.7 Å². The monoisotopic (exact) mass is 623 g/mol. The van der Waals surface area contributed by atoms with Crippen molar-refractivity contribution in [3.05, 3.63) is 208 Å². The summed E-state index contributed by atoms with van der Waals surface area (Å²) in [4.78, 5) is 17.5. The van der Waals surface area contributed by atoms with E-state index in [0.29, 0.717) is 11.6 Å². The Morgan fingerprint density at radius 2 is 1.11 bits per heavy atom. The molecule has 0 radical (unpaired) electrons. The third-order valence-corrected chi connectivity index (χ3v) is 10.3. The van der Waals surface area contributed by atoms with E-state index in [1.165, 1.54) is 11.1 Å². The van der Waals surface area contributed by atoms with Gasteiger partial charge in [-0.15, -0.1) is 0 Å². The maximum absolute atomic E-state index is 15.5. The normalized spacial score (nSPS) is 19.4. The van der Waals surface area contributed by atoms with Gasteiger partial charge in [-0.1, -0.05) is 157 Å². The molecule has 0 fully saturated rings. The van der Waals surface area contributed by atoms with Gasteiger partial charge in [-0.3, -0.25) is 4.79 Å². The summed E-state index contributed by atoms with van der Waals surface area (Å²) in [5.74, 6) is -0.389. The van der Waals surface area contributed by atoms with Crippen molar-refractivity contribution in [2.24, 2.45) is 0 Å². The van der Waals surface area contributed by atoms with Crippen molar-refractivity contribution in [3.8, 4) is 0 Å². The number of allylic oxidation sites excluding steroid dienone is 4. The Morgan fingerprint density at radius 1 is 0.574 bits per heavy atom. The number of halogens is 1. The van der Waals surface area contributed by atoms with Crippen molar-refractivity contribution >= 4 is 45.5 Å². The first-order valence-corrected chi connectivity index (χ1v) is 16.5. The average molecular weight is 624 g/mol. The van der Waals surface area contributed by atoms with E-state index >= 15 is 4.79 Å². The van der Waals surface area contributed by atoms with Crippen LogP contribution >= 0.6 is 11.6 Å². The number of rotatable bonds is 5. The van der Waals surface area contributed by atoms with Crippen molar-refractivity contribution in [2.75, 3.05) is 4.90 Å². The Kier molecular flexibility index (Phi) is 6.41. The molecule has 2 atom stereocenters. The number of hydrogen-bond acceptors (Lipinski definition) is 1. The zero-order valence-corrected chi connectivity index (χ0v) is 26.4. The van der Waals surface area contributed by atoms with E-state index in [1.54, 1.807) is 0 Å². The van der Waals surface area contributed by atoms with Crippen LogP contribution in [0, 0.1) is 0 Å². The van der Waals surface area contributed by atoms with Gasteiger partial charge in [0.2, 0.25) is 5.91 Å². The molecule has 1 spiro atoms. The molecule has 3 heteroatoms. The fraction of sp³-hybridized carbons (Fsp3) is 0.0682. The largest absolute Gasteiger partial charge is 0.307 e. The summed E-state index contributed by atoms with van der Waals surface area (Å²) < 4.78 is 0. The Labute approximate surface area is 279 Å². The van der Waals surface area contributed by atoms with Gasteiger partial charge in [0.15, 0.2) is 0 Å². The number of nitrogens with zero attached hydrogens (tertiary/aromatic N) is 1. The molecule has 0 bridgehead atoms. The lowest BCUT2D eigenvalue weighted by Gasteiger charge is -2.46. The Morgan fingerprint density at radius 3 is 1.74 bits per heavy atom. The minimum absolute atomic E-state index is 0.0984. The molecule has 47 heavy (non-hydrogen) atoms. The van der Waals surface area contributed by atoms with E-state index in [9.17, 15) is 0 Å². The van der Waals surface area contributed by atoms with Gasteiger partial charge in [-0.05, 0) is 79.4 Å². The molecular weight excluding hydrogens is 594 g/mol. The lowest BCUT2D eigenvalue weighted by Crippen LogP contribution is -2.48. The van der Waals surface area contributed by atoms with Crippen LogP contribution in [0.5, 0.6) is 0 Å². The molecule has 1 aliphatic heterocycles. The molecule has 3 aliphatic rings. The molecule has 6 aromatic rings. The lowest BCUT2D eigenvalue weighted by molar-refractivity contribution is -0.121. The maximum Gasteiger partial charge on any atom is 0.236 e. The third kappa shape index (κ3) is 4.01. The number of fused-ring (bicyclic) bond motifs is 4. The predicted molar refractivity (Wildman–Crippen MR) is 193 cm³/mol. The first-order valence-electron chi connectivity index (χ1n) is 16.1. The topological polar surface area (TPSA) is 20.3 Å².